The molecule has 6 heteroatoms. The van der Waals surface area contributed by atoms with Gasteiger partial charge in [0.1, 0.15) is 0 Å². The van der Waals surface area contributed by atoms with Gasteiger partial charge >= 0.3 is 0 Å². The fourth-order valence-electron chi connectivity index (χ4n) is 3.48. The van der Waals surface area contributed by atoms with Gasteiger partial charge in [0, 0.05) is 29.6 Å². The van der Waals surface area contributed by atoms with Gasteiger partial charge < -0.3 is 10.2 Å². The van der Waals surface area contributed by atoms with Crippen LogP contribution in [0.4, 0.5) is 0 Å². The third-order valence-electron chi connectivity index (χ3n) is 4.55. The van der Waals surface area contributed by atoms with Gasteiger partial charge in [0.25, 0.3) is 5.91 Å². The minimum atomic E-state index is 0.0480. The number of hydrogen-bond acceptors (Lipinski definition) is 5. The number of rotatable bonds is 4. The number of carbonyl (C=O) groups is 1. The second-order valence-corrected chi connectivity index (χ2v) is 8.53. The molecule has 1 N–H and O–H groups in total. The molecule has 3 heterocycles. The maximum Gasteiger partial charge on any atom is 0.251 e. The number of aromatic nitrogens is 1. The smallest absolute Gasteiger partial charge is 0.251 e. The molecule has 2 aromatic rings. The predicted octanol–water partition coefficient (Wildman–Crippen LogP) is 3.12. The number of piperidine rings is 1. The number of benzene rings is 1. The summed E-state index contributed by atoms with van der Waals surface area (Å²) in [7, 11) is 0. The second-order valence-electron chi connectivity index (χ2n) is 6.27. The van der Waals surface area contributed by atoms with Crippen molar-refractivity contribution in [3.05, 3.63) is 41.5 Å². The van der Waals surface area contributed by atoms with Gasteiger partial charge in [-0.15, -0.1) is 11.3 Å². The van der Waals surface area contributed by atoms with E-state index < -0.39 is 0 Å². The summed E-state index contributed by atoms with van der Waals surface area (Å²) in [5, 5.41) is 3.21. The second kappa shape index (κ2) is 6.63. The quantitative estimate of drug-likeness (QED) is 0.925. The van der Waals surface area contributed by atoms with Crippen LogP contribution in [-0.2, 0) is 0 Å². The molecule has 0 aliphatic carbocycles. The summed E-state index contributed by atoms with van der Waals surface area (Å²) < 4.78 is 1.16. The third-order valence-corrected chi connectivity index (χ3v) is 6.46. The van der Waals surface area contributed by atoms with Gasteiger partial charge in [0.15, 0.2) is 0 Å². The van der Waals surface area contributed by atoms with Crippen molar-refractivity contribution in [2.24, 2.45) is 5.92 Å². The normalized spacial score (nSPS) is 26.2. The first-order valence-electron chi connectivity index (χ1n) is 7.96. The van der Waals surface area contributed by atoms with Crippen molar-refractivity contribution in [2.45, 2.75) is 28.0 Å². The van der Waals surface area contributed by atoms with Gasteiger partial charge in [-0.25, -0.2) is 0 Å². The Balaban J connectivity index is 1.36. The van der Waals surface area contributed by atoms with E-state index in [2.05, 4.69) is 15.2 Å². The molecule has 2 saturated heterocycles. The van der Waals surface area contributed by atoms with Gasteiger partial charge in [-0.1, -0.05) is 11.8 Å². The van der Waals surface area contributed by atoms with E-state index in [1.165, 1.54) is 19.5 Å². The zero-order valence-corrected chi connectivity index (χ0v) is 14.4. The molecular weight excluding hydrogens is 326 g/mol. The molecular formula is C17H19N3OS2. The van der Waals surface area contributed by atoms with Crippen LogP contribution >= 0.6 is 23.1 Å². The van der Waals surface area contributed by atoms with E-state index in [1.807, 2.05) is 36.0 Å². The molecule has 0 radical (unpaired) electrons. The minimum Gasteiger partial charge on any atom is -0.348 e. The van der Waals surface area contributed by atoms with Crippen LogP contribution in [0.3, 0.4) is 0 Å². The van der Waals surface area contributed by atoms with E-state index in [4.69, 9.17) is 0 Å². The van der Waals surface area contributed by atoms with Gasteiger partial charge in [0.05, 0.1) is 15.9 Å². The van der Waals surface area contributed by atoms with Crippen LogP contribution in [0.5, 0.6) is 0 Å². The molecule has 2 bridgehead atoms. The van der Waals surface area contributed by atoms with Crippen molar-refractivity contribution in [2.75, 3.05) is 19.6 Å². The molecule has 2 fully saturated rings. The Morgan fingerprint density at radius 1 is 1.30 bits per heavy atom. The third kappa shape index (κ3) is 3.59. The predicted molar refractivity (Wildman–Crippen MR) is 93.1 cm³/mol. The van der Waals surface area contributed by atoms with E-state index in [0.29, 0.717) is 6.04 Å². The molecule has 0 spiro atoms. The molecule has 1 aromatic carbocycles. The summed E-state index contributed by atoms with van der Waals surface area (Å²) in [6.45, 7) is 3.41. The summed E-state index contributed by atoms with van der Waals surface area (Å²) in [6.07, 6.45) is 4.28. The van der Waals surface area contributed by atoms with Crippen LogP contribution in [0, 0.1) is 5.92 Å². The lowest BCUT2D eigenvalue weighted by molar-refractivity contribution is 0.0909. The molecule has 2 aliphatic rings. The summed E-state index contributed by atoms with van der Waals surface area (Å²) in [5.41, 5.74) is 2.57. The average molecular weight is 345 g/mol. The zero-order valence-electron chi connectivity index (χ0n) is 12.8. The van der Waals surface area contributed by atoms with Gasteiger partial charge in [0.2, 0.25) is 0 Å². The van der Waals surface area contributed by atoms with Crippen LogP contribution in [0.15, 0.2) is 45.1 Å². The molecule has 120 valence electrons. The minimum absolute atomic E-state index is 0.0480. The zero-order chi connectivity index (χ0) is 15.6. The lowest BCUT2D eigenvalue weighted by atomic mass is 9.96. The molecule has 3 unspecified atom stereocenters. The lowest BCUT2D eigenvalue weighted by Crippen LogP contribution is -2.47. The first-order chi connectivity index (χ1) is 11.3. The van der Waals surface area contributed by atoms with Crippen LogP contribution in [0.1, 0.15) is 23.2 Å². The summed E-state index contributed by atoms with van der Waals surface area (Å²) >= 11 is 3.30. The van der Waals surface area contributed by atoms with Gasteiger partial charge in [-0.3, -0.25) is 9.78 Å². The highest BCUT2D eigenvalue weighted by Gasteiger charge is 2.32. The Bertz CT molecular complexity index is 660. The van der Waals surface area contributed by atoms with E-state index in [1.54, 1.807) is 23.1 Å². The summed E-state index contributed by atoms with van der Waals surface area (Å²) in [5.74, 6) is 0.819. The number of nitrogens with one attached hydrogen (secondary N) is 1. The van der Waals surface area contributed by atoms with Crippen molar-refractivity contribution in [3.63, 3.8) is 0 Å². The highest BCUT2D eigenvalue weighted by molar-refractivity contribution is 8.01. The average Bonchev–Trinajstić information content (AvgIpc) is 3.18. The lowest BCUT2D eigenvalue weighted by Gasteiger charge is -2.30. The maximum atomic E-state index is 12.4. The molecule has 4 rings (SSSR count). The fourth-order valence-corrected chi connectivity index (χ4v) is 5.05. The van der Waals surface area contributed by atoms with Crippen LogP contribution in [0.2, 0.25) is 0 Å². The van der Waals surface area contributed by atoms with Crippen molar-refractivity contribution in [1.82, 2.24) is 15.2 Å². The van der Waals surface area contributed by atoms with Gasteiger partial charge in [-0.2, -0.15) is 0 Å². The topological polar surface area (TPSA) is 45.2 Å². The molecule has 2 aliphatic heterocycles. The van der Waals surface area contributed by atoms with Crippen molar-refractivity contribution in [1.29, 1.82) is 0 Å². The molecule has 4 nitrogen and oxygen atoms in total. The van der Waals surface area contributed by atoms with E-state index in [-0.39, 0.29) is 5.91 Å². The molecule has 1 aromatic heterocycles. The van der Waals surface area contributed by atoms with Crippen LogP contribution in [0.25, 0.3) is 0 Å². The maximum absolute atomic E-state index is 12.4. The fraction of sp³-hybridized carbons (Fsp3) is 0.412. The highest BCUT2D eigenvalue weighted by atomic mass is 32.2. The number of amides is 1. The molecule has 1 amide bonds. The SMILES string of the molecule is O=C(NC1CC2CCN(C2)C1)c1ccc(Sc2cncs2)cc1. The number of fused-ring (bicyclic) bond motifs is 2. The number of carbonyl (C=O) groups excluding carboxylic acids is 1. The number of hydrogen-bond donors (Lipinski definition) is 1. The van der Waals surface area contributed by atoms with Gasteiger partial charge in [-0.05, 0) is 49.6 Å². The summed E-state index contributed by atoms with van der Waals surface area (Å²) in [6, 6.07) is 8.14. The van der Waals surface area contributed by atoms with E-state index >= 15 is 0 Å². The Labute approximate surface area is 144 Å². The first-order valence-corrected chi connectivity index (χ1v) is 9.65. The molecule has 0 saturated carbocycles. The Hall–Kier alpha value is -1.37. The number of thiazole rings is 1. The van der Waals surface area contributed by atoms with E-state index in [9.17, 15) is 4.79 Å². The van der Waals surface area contributed by atoms with Crippen molar-refractivity contribution in [3.8, 4) is 0 Å². The van der Waals surface area contributed by atoms with Crippen molar-refractivity contribution < 1.29 is 4.79 Å². The largest absolute Gasteiger partial charge is 0.348 e. The standard InChI is InChI=1S/C17H19N3OS2/c21-17(19-14-7-12-5-6-20(9-12)10-14)13-1-3-15(4-2-13)23-16-8-18-11-22-16/h1-4,8,11-12,14H,5-7,9-10H2,(H,19,21). The monoisotopic (exact) mass is 345 g/mol. The highest BCUT2D eigenvalue weighted by Crippen LogP contribution is 2.30. The molecule has 23 heavy (non-hydrogen) atoms. The van der Waals surface area contributed by atoms with Crippen LogP contribution < -0.4 is 5.32 Å². The Morgan fingerprint density at radius 3 is 2.91 bits per heavy atom. The Kier molecular flexibility index (Phi) is 4.37. The van der Waals surface area contributed by atoms with Crippen LogP contribution in [-0.4, -0.2) is 41.5 Å². The van der Waals surface area contributed by atoms with Crippen molar-refractivity contribution >= 4 is 29.0 Å². The Morgan fingerprint density at radius 2 is 2.17 bits per heavy atom. The van der Waals surface area contributed by atoms with E-state index in [0.717, 1.165) is 33.6 Å². The first kappa shape index (κ1) is 15.2. The number of nitrogens with zero attached hydrogens (tertiary/aromatic N) is 2. The molecule has 3 atom stereocenters. The summed E-state index contributed by atoms with van der Waals surface area (Å²) in [4.78, 5) is 20.1.